The molecule has 0 radical (unpaired) electrons. The molecular weight excluding hydrogens is 238 g/mol. The van der Waals surface area contributed by atoms with Gasteiger partial charge < -0.3 is 19.2 Å². The molecule has 2 rings (SSSR count). The zero-order valence-electron chi connectivity index (χ0n) is 10.1. The average Bonchev–Trinajstić information content (AvgIpc) is 2.91. The van der Waals surface area contributed by atoms with Gasteiger partial charge in [-0.2, -0.15) is 0 Å². The highest BCUT2D eigenvalue weighted by molar-refractivity contribution is 5.94. The maximum Gasteiger partial charge on any atom is 0.336 e. The van der Waals surface area contributed by atoms with Gasteiger partial charge in [0, 0.05) is 33.0 Å². The van der Waals surface area contributed by atoms with Gasteiger partial charge in [0.25, 0.3) is 5.91 Å². The fourth-order valence-corrected chi connectivity index (χ4v) is 2.15. The number of methoxy groups -OCH3 is 1. The molecule has 1 amide bonds. The highest BCUT2D eigenvalue weighted by Crippen LogP contribution is 2.27. The van der Waals surface area contributed by atoms with E-state index in [0.29, 0.717) is 31.5 Å². The highest BCUT2D eigenvalue weighted by Gasteiger charge is 2.42. The van der Waals surface area contributed by atoms with Gasteiger partial charge in [-0.05, 0) is 6.07 Å². The van der Waals surface area contributed by atoms with Gasteiger partial charge >= 0.3 is 5.97 Å². The molecule has 1 aliphatic heterocycles. The Morgan fingerprint density at radius 2 is 2.11 bits per heavy atom. The topological polar surface area (TPSA) is 80.0 Å². The minimum absolute atomic E-state index is 0.140. The van der Waals surface area contributed by atoms with Gasteiger partial charge in [0.1, 0.15) is 6.26 Å². The molecule has 0 atom stereocenters. The maximum atomic E-state index is 12.0. The molecule has 0 saturated carbocycles. The molecule has 0 aliphatic carbocycles. The number of hydrogen-bond acceptors (Lipinski definition) is 4. The molecular formula is C12H15NO5. The second kappa shape index (κ2) is 4.81. The summed E-state index contributed by atoms with van der Waals surface area (Å²) < 4.78 is 9.96. The zero-order valence-corrected chi connectivity index (χ0v) is 10.1. The van der Waals surface area contributed by atoms with Crippen LogP contribution < -0.4 is 0 Å². The Morgan fingerprint density at radius 3 is 2.56 bits per heavy atom. The molecule has 1 aromatic heterocycles. The van der Waals surface area contributed by atoms with E-state index in [1.165, 1.54) is 19.6 Å². The number of carbonyl (C=O) groups excluding carboxylic acids is 1. The van der Waals surface area contributed by atoms with Crippen LogP contribution >= 0.6 is 0 Å². The average molecular weight is 253 g/mol. The molecule has 1 fully saturated rings. The zero-order chi connectivity index (χ0) is 13.2. The number of piperidine rings is 1. The molecule has 1 N–H and O–H groups in total. The van der Waals surface area contributed by atoms with Crippen LogP contribution in [0.3, 0.4) is 0 Å². The SMILES string of the molecule is COC1(C(=O)O)CCN(C(=O)c2ccoc2)CC1. The largest absolute Gasteiger partial charge is 0.479 e. The number of furan rings is 1. The molecule has 0 spiro atoms. The standard InChI is InChI=1S/C12H15NO5/c1-17-12(11(15)16)3-5-13(6-4-12)10(14)9-2-7-18-8-9/h2,7-8H,3-6H2,1H3,(H,15,16). The van der Waals surface area contributed by atoms with Crippen LogP contribution in [-0.2, 0) is 9.53 Å². The predicted octanol–water partition coefficient (Wildman–Crippen LogP) is 0.985. The first-order chi connectivity index (χ1) is 8.59. The molecule has 18 heavy (non-hydrogen) atoms. The van der Waals surface area contributed by atoms with E-state index in [1.807, 2.05) is 0 Å². The second-order valence-electron chi connectivity index (χ2n) is 4.31. The predicted molar refractivity (Wildman–Crippen MR) is 61.2 cm³/mol. The molecule has 1 saturated heterocycles. The molecule has 0 bridgehead atoms. The third-order valence-corrected chi connectivity index (χ3v) is 3.41. The lowest BCUT2D eigenvalue weighted by Gasteiger charge is -2.37. The summed E-state index contributed by atoms with van der Waals surface area (Å²) in [4.78, 5) is 24.8. The Labute approximate surface area is 104 Å². The third kappa shape index (κ3) is 2.11. The van der Waals surface area contributed by atoms with E-state index in [2.05, 4.69) is 0 Å². The van der Waals surface area contributed by atoms with Gasteiger partial charge in [-0.15, -0.1) is 0 Å². The van der Waals surface area contributed by atoms with E-state index in [9.17, 15) is 9.59 Å². The Kier molecular flexibility index (Phi) is 3.38. The van der Waals surface area contributed by atoms with Crippen molar-refractivity contribution < 1.29 is 23.8 Å². The summed E-state index contributed by atoms with van der Waals surface area (Å²) in [5.74, 6) is -1.11. The molecule has 6 nitrogen and oxygen atoms in total. The fourth-order valence-electron chi connectivity index (χ4n) is 2.15. The minimum Gasteiger partial charge on any atom is -0.479 e. The van der Waals surface area contributed by atoms with Crippen molar-refractivity contribution in [3.05, 3.63) is 24.2 Å². The lowest BCUT2D eigenvalue weighted by molar-refractivity contribution is -0.167. The van der Waals surface area contributed by atoms with Gasteiger partial charge in [0.05, 0.1) is 11.8 Å². The molecule has 2 heterocycles. The number of amides is 1. The van der Waals surface area contributed by atoms with Crippen molar-refractivity contribution in [2.45, 2.75) is 18.4 Å². The number of nitrogens with zero attached hydrogens (tertiary/aromatic N) is 1. The van der Waals surface area contributed by atoms with Gasteiger partial charge in [-0.1, -0.05) is 0 Å². The first kappa shape index (κ1) is 12.6. The Bertz CT molecular complexity index is 431. The Morgan fingerprint density at radius 1 is 1.44 bits per heavy atom. The summed E-state index contributed by atoms with van der Waals surface area (Å²) >= 11 is 0. The lowest BCUT2D eigenvalue weighted by Crippen LogP contribution is -2.52. The number of rotatable bonds is 3. The quantitative estimate of drug-likeness (QED) is 0.868. The summed E-state index contributed by atoms with van der Waals surface area (Å²) in [6, 6.07) is 1.59. The van der Waals surface area contributed by atoms with Crippen molar-refractivity contribution in [3.63, 3.8) is 0 Å². The summed E-state index contributed by atoms with van der Waals surface area (Å²) in [6.07, 6.45) is 3.41. The van der Waals surface area contributed by atoms with Gasteiger partial charge in [-0.3, -0.25) is 4.79 Å². The van der Waals surface area contributed by atoms with E-state index in [0.717, 1.165) is 0 Å². The number of aliphatic carboxylic acids is 1. The number of hydrogen-bond donors (Lipinski definition) is 1. The molecule has 1 aromatic rings. The number of carbonyl (C=O) groups is 2. The molecule has 0 unspecified atom stereocenters. The highest BCUT2D eigenvalue weighted by atomic mass is 16.5. The first-order valence-electron chi connectivity index (χ1n) is 5.69. The van der Waals surface area contributed by atoms with E-state index in [-0.39, 0.29) is 5.91 Å². The van der Waals surface area contributed by atoms with Crippen LogP contribution in [0.15, 0.2) is 23.0 Å². The normalized spacial score (nSPS) is 18.6. The third-order valence-electron chi connectivity index (χ3n) is 3.41. The number of carboxylic acids is 1. The number of carboxylic acid groups (broad SMARTS) is 1. The van der Waals surface area contributed by atoms with Crippen molar-refractivity contribution in [1.82, 2.24) is 4.90 Å². The van der Waals surface area contributed by atoms with Crippen LogP contribution in [0.4, 0.5) is 0 Å². The van der Waals surface area contributed by atoms with Gasteiger partial charge in [-0.25, -0.2) is 4.79 Å². The molecule has 0 aromatic carbocycles. The van der Waals surface area contributed by atoms with E-state index < -0.39 is 11.6 Å². The summed E-state index contributed by atoms with van der Waals surface area (Å²) in [7, 11) is 1.39. The van der Waals surface area contributed by atoms with Crippen molar-refractivity contribution in [2.75, 3.05) is 20.2 Å². The minimum atomic E-state index is -1.16. The monoisotopic (exact) mass is 253 g/mol. The number of likely N-dealkylation sites (tertiary alicyclic amines) is 1. The van der Waals surface area contributed by atoms with E-state index in [1.54, 1.807) is 11.0 Å². The van der Waals surface area contributed by atoms with Crippen LogP contribution in [0.1, 0.15) is 23.2 Å². The molecule has 6 heteroatoms. The van der Waals surface area contributed by atoms with Crippen molar-refractivity contribution in [1.29, 1.82) is 0 Å². The van der Waals surface area contributed by atoms with Crippen LogP contribution in [0.25, 0.3) is 0 Å². The van der Waals surface area contributed by atoms with Crippen LogP contribution in [-0.4, -0.2) is 47.7 Å². The molecule has 98 valence electrons. The Hall–Kier alpha value is -1.82. The second-order valence-corrected chi connectivity index (χ2v) is 4.31. The Balaban J connectivity index is 2.02. The van der Waals surface area contributed by atoms with E-state index >= 15 is 0 Å². The van der Waals surface area contributed by atoms with Crippen molar-refractivity contribution in [2.24, 2.45) is 0 Å². The lowest BCUT2D eigenvalue weighted by atomic mass is 9.91. The van der Waals surface area contributed by atoms with Crippen molar-refractivity contribution in [3.8, 4) is 0 Å². The van der Waals surface area contributed by atoms with Crippen molar-refractivity contribution >= 4 is 11.9 Å². The first-order valence-corrected chi connectivity index (χ1v) is 5.69. The fraction of sp³-hybridized carbons (Fsp3) is 0.500. The maximum absolute atomic E-state index is 12.0. The van der Waals surface area contributed by atoms with Crippen LogP contribution in [0.2, 0.25) is 0 Å². The van der Waals surface area contributed by atoms with Gasteiger partial charge in [0.15, 0.2) is 5.60 Å². The smallest absolute Gasteiger partial charge is 0.336 e. The molecule has 1 aliphatic rings. The number of ether oxygens (including phenoxy) is 1. The van der Waals surface area contributed by atoms with Crippen LogP contribution in [0, 0.1) is 0 Å². The van der Waals surface area contributed by atoms with Gasteiger partial charge in [0.2, 0.25) is 0 Å². The summed E-state index contributed by atoms with van der Waals surface area (Å²) in [5, 5.41) is 9.15. The van der Waals surface area contributed by atoms with Crippen LogP contribution in [0.5, 0.6) is 0 Å². The summed E-state index contributed by atoms with van der Waals surface area (Å²) in [5.41, 5.74) is -0.678. The summed E-state index contributed by atoms with van der Waals surface area (Å²) in [6.45, 7) is 0.730. The van der Waals surface area contributed by atoms with E-state index in [4.69, 9.17) is 14.3 Å².